The van der Waals surface area contributed by atoms with Crippen molar-refractivity contribution < 1.29 is 31.4 Å². The second kappa shape index (κ2) is 10.2. The molecule has 2 unspecified atom stereocenters. The first-order valence-electron chi connectivity index (χ1n) is 11.5. The van der Waals surface area contributed by atoms with Crippen molar-refractivity contribution in [2.45, 2.75) is 42.9 Å². The molecule has 9 nitrogen and oxygen atoms in total. The maximum absolute atomic E-state index is 14.0. The third-order valence-electron chi connectivity index (χ3n) is 6.15. The summed E-state index contributed by atoms with van der Waals surface area (Å²) >= 11 is 6.28. The molecule has 2 atom stereocenters. The summed E-state index contributed by atoms with van der Waals surface area (Å²) in [6.07, 6.45) is -0.622. The van der Waals surface area contributed by atoms with Gasteiger partial charge >= 0.3 is 0 Å². The van der Waals surface area contributed by atoms with Crippen LogP contribution >= 0.6 is 11.6 Å². The van der Waals surface area contributed by atoms with Gasteiger partial charge in [0.1, 0.15) is 23.0 Å². The molecule has 13 heteroatoms. The normalized spacial score (nSPS) is 21.2. The maximum atomic E-state index is 14.0. The second-order valence-electron chi connectivity index (χ2n) is 8.71. The van der Waals surface area contributed by atoms with Gasteiger partial charge in [-0.25, -0.2) is 27.2 Å². The van der Waals surface area contributed by atoms with Crippen molar-refractivity contribution in [1.29, 1.82) is 0 Å². The number of sulfone groups is 1. The first-order valence-corrected chi connectivity index (χ1v) is 13.8. The topological polar surface area (TPSA) is 105 Å². The minimum atomic E-state index is -3.68. The fourth-order valence-electron chi connectivity index (χ4n) is 4.48. The monoisotopic (exact) mass is 542 g/mol. The highest BCUT2D eigenvalue weighted by Crippen LogP contribution is 2.37. The van der Waals surface area contributed by atoms with E-state index in [4.69, 9.17) is 25.8 Å². The highest BCUT2D eigenvalue weighted by molar-refractivity contribution is 7.90. The lowest BCUT2D eigenvalue weighted by Gasteiger charge is -2.25. The SMILES string of the molecule is CS(=O)(=O)c1cc(C2COCCO2)ccc1Nc1cc(Cl)nc2c1nc(C(F)F)n2C1CCCCO1. The highest BCUT2D eigenvalue weighted by Gasteiger charge is 2.29. The molecule has 36 heavy (non-hydrogen) atoms. The number of hydrogen-bond donors (Lipinski definition) is 1. The number of nitrogens with one attached hydrogen (secondary N) is 1. The van der Waals surface area contributed by atoms with Crippen molar-refractivity contribution in [1.82, 2.24) is 14.5 Å². The van der Waals surface area contributed by atoms with Gasteiger partial charge in [-0.3, -0.25) is 4.57 Å². The Morgan fingerprint density at radius 3 is 2.61 bits per heavy atom. The molecule has 2 aliphatic heterocycles. The van der Waals surface area contributed by atoms with Crippen molar-refractivity contribution in [2.24, 2.45) is 0 Å². The molecule has 1 N–H and O–H groups in total. The van der Waals surface area contributed by atoms with E-state index in [9.17, 15) is 17.2 Å². The summed E-state index contributed by atoms with van der Waals surface area (Å²) < 4.78 is 71.5. The average molecular weight is 543 g/mol. The van der Waals surface area contributed by atoms with E-state index >= 15 is 0 Å². The zero-order valence-corrected chi connectivity index (χ0v) is 21.0. The van der Waals surface area contributed by atoms with Crippen LogP contribution in [0.2, 0.25) is 5.15 Å². The molecule has 0 spiro atoms. The molecule has 3 aromatic rings. The van der Waals surface area contributed by atoms with Crippen LogP contribution in [0.4, 0.5) is 20.2 Å². The lowest BCUT2D eigenvalue weighted by atomic mass is 10.1. The smallest absolute Gasteiger partial charge is 0.295 e. The average Bonchev–Trinajstić information content (AvgIpc) is 3.24. The molecule has 2 aromatic heterocycles. The number of rotatable bonds is 6. The minimum absolute atomic E-state index is 0.0133. The number of halogens is 3. The van der Waals surface area contributed by atoms with E-state index < -0.39 is 34.4 Å². The Kier molecular flexibility index (Phi) is 7.14. The van der Waals surface area contributed by atoms with Crippen LogP contribution in [0.15, 0.2) is 29.2 Å². The number of nitrogens with zero attached hydrogens (tertiary/aromatic N) is 3. The van der Waals surface area contributed by atoms with E-state index in [0.717, 1.165) is 19.1 Å². The summed E-state index contributed by atoms with van der Waals surface area (Å²) in [7, 11) is -3.68. The van der Waals surface area contributed by atoms with Crippen molar-refractivity contribution in [3.63, 3.8) is 0 Å². The van der Waals surface area contributed by atoms with Crippen LogP contribution in [0, 0.1) is 0 Å². The van der Waals surface area contributed by atoms with E-state index in [2.05, 4.69) is 15.3 Å². The number of aromatic nitrogens is 3. The first kappa shape index (κ1) is 25.3. The molecule has 0 bridgehead atoms. The zero-order chi connectivity index (χ0) is 25.4. The van der Waals surface area contributed by atoms with Crippen LogP contribution in [0.3, 0.4) is 0 Å². The van der Waals surface area contributed by atoms with Gasteiger partial charge in [0.15, 0.2) is 21.3 Å². The largest absolute Gasteiger partial charge is 0.376 e. The third kappa shape index (κ3) is 5.05. The Morgan fingerprint density at radius 1 is 1.11 bits per heavy atom. The molecule has 4 heterocycles. The van der Waals surface area contributed by atoms with Gasteiger partial charge in [0.25, 0.3) is 6.43 Å². The standard InChI is InChI=1S/C23H25ClF2N4O5S/c1-36(31,32)17-10-13(16-12-33-8-9-34-16)5-6-14(17)27-15-11-18(24)28-22-20(15)29-23(21(25)26)30(22)19-4-2-3-7-35-19/h5-6,10-11,16,19,21H,2-4,7-9,12H2,1H3,(H,27,28). The lowest BCUT2D eigenvalue weighted by Crippen LogP contribution is -2.22. The molecule has 2 fully saturated rings. The Hall–Kier alpha value is -2.38. The van der Waals surface area contributed by atoms with Gasteiger partial charge in [-0.2, -0.15) is 0 Å². The zero-order valence-electron chi connectivity index (χ0n) is 19.4. The molecule has 1 aromatic carbocycles. The number of pyridine rings is 1. The molecule has 0 amide bonds. The lowest BCUT2D eigenvalue weighted by molar-refractivity contribution is -0.0902. The van der Waals surface area contributed by atoms with E-state index in [0.29, 0.717) is 38.4 Å². The van der Waals surface area contributed by atoms with Gasteiger partial charge in [0, 0.05) is 18.9 Å². The molecule has 2 aliphatic rings. The summed E-state index contributed by atoms with van der Waals surface area (Å²) in [5.74, 6) is -0.483. The Balaban J connectivity index is 1.60. The maximum Gasteiger partial charge on any atom is 0.295 e. The molecule has 0 saturated carbocycles. The number of alkyl halides is 2. The Morgan fingerprint density at radius 2 is 1.94 bits per heavy atom. The minimum Gasteiger partial charge on any atom is -0.376 e. The van der Waals surface area contributed by atoms with Gasteiger partial charge in [-0.05, 0) is 37.0 Å². The molecule has 5 rings (SSSR count). The van der Waals surface area contributed by atoms with Crippen LogP contribution in [0.25, 0.3) is 11.2 Å². The van der Waals surface area contributed by atoms with E-state index in [1.54, 1.807) is 12.1 Å². The summed E-state index contributed by atoms with van der Waals surface area (Å²) in [6.45, 7) is 1.64. The number of imidazole rings is 1. The van der Waals surface area contributed by atoms with Crippen LogP contribution < -0.4 is 5.32 Å². The molecular formula is C23H25ClF2N4O5S. The molecule has 0 radical (unpaired) electrons. The molecule has 0 aliphatic carbocycles. The highest BCUT2D eigenvalue weighted by atomic mass is 35.5. The van der Waals surface area contributed by atoms with E-state index in [1.165, 1.54) is 16.7 Å². The number of ether oxygens (including phenoxy) is 3. The number of fused-ring (bicyclic) bond motifs is 1. The second-order valence-corrected chi connectivity index (χ2v) is 11.1. The van der Waals surface area contributed by atoms with Crippen LogP contribution in [-0.4, -0.2) is 55.6 Å². The fraction of sp³-hybridized carbons (Fsp3) is 0.478. The number of benzene rings is 1. The summed E-state index contributed by atoms with van der Waals surface area (Å²) in [5.41, 5.74) is 1.41. The predicted octanol–water partition coefficient (Wildman–Crippen LogP) is 4.96. The predicted molar refractivity (Wildman–Crippen MR) is 129 cm³/mol. The first-order chi connectivity index (χ1) is 17.2. The number of anilines is 2. The van der Waals surface area contributed by atoms with Crippen molar-refractivity contribution >= 4 is 44.0 Å². The fourth-order valence-corrected chi connectivity index (χ4v) is 5.54. The van der Waals surface area contributed by atoms with Crippen LogP contribution in [0.1, 0.15) is 49.4 Å². The summed E-state index contributed by atoms with van der Waals surface area (Å²) in [5, 5.41) is 3.07. The molecular weight excluding hydrogens is 518 g/mol. The summed E-state index contributed by atoms with van der Waals surface area (Å²) in [4.78, 5) is 8.45. The van der Waals surface area contributed by atoms with Crippen molar-refractivity contribution in [3.8, 4) is 0 Å². The van der Waals surface area contributed by atoms with E-state index in [-0.39, 0.29) is 32.6 Å². The van der Waals surface area contributed by atoms with Crippen molar-refractivity contribution in [2.75, 3.05) is 38.0 Å². The van der Waals surface area contributed by atoms with Crippen molar-refractivity contribution in [3.05, 3.63) is 40.8 Å². The molecule has 2 saturated heterocycles. The number of hydrogen-bond acceptors (Lipinski definition) is 8. The van der Waals surface area contributed by atoms with Gasteiger partial charge < -0.3 is 19.5 Å². The van der Waals surface area contributed by atoms with Gasteiger partial charge in [0.2, 0.25) is 0 Å². The van der Waals surface area contributed by atoms with Gasteiger partial charge in [0.05, 0.1) is 36.1 Å². The quantitative estimate of drug-likeness (QED) is 0.436. The molecule has 194 valence electrons. The Bertz CT molecular complexity index is 1370. The van der Waals surface area contributed by atoms with Crippen LogP contribution in [-0.2, 0) is 24.0 Å². The van der Waals surface area contributed by atoms with E-state index in [1.807, 2.05) is 0 Å². The Labute approximate surface area is 211 Å². The summed E-state index contributed by atoms with van der Waals surface area (Å²) in [6, 6.07) is 6.28. The van der Waals surface area contributed by atoms with Crippen LogP contribution in [0.5, 0.6) is 0 Å². The van der Waals surface area contributed by atoms with Gasteiger partial charge in [-0.15, -0.1) is 0 Å². The van der Waals surface area contributed by atoms with Gasteiger partial charge in [-0.1, -0.05) is 17.7 Å². The third-order valence-corrected chi connectivity index (χ3v) is 7.48.